The van der Waals surface area contributed by atoms with Crippen LogP contribution in [0.25, 0.3) is 5.69 Å². The van der Waals surface area contributed by atoms with Crippen molar-refractivity contribution in [1.82, 2.24) is 15.0 Å². The first-order valence-corrected chi connectivity index (χ1v) is 4.85. The fraction of sp³-hybridized carbons (Fsp3) is 0.167. The summed E-state index contributed by atoms with van der Waals surface area (Å²) in [6.45, 7) is 1.63. The van der Waals surface area contributed by atoms with Gasteiger partial charge in [-0.2, -0.15) is 12.1 Å². The molecule has 98 valence electrons. The molecule has 0 radical (unpaired) electrons. The van der Waals surface area contributed by atoms with Crippen LogP contribution in [-0.2, 0) is 0 Å². The van der Waals surface area contributed by atoms with Gasteiger partial charge in [0, 0.05) is 5.75 Å². The molecule has 0 atom stereocenters. The maximum absolute atomic E-state index is 10.9. The smallest absolute Gasteiger partial charge is 0.520 e. The second-order valence-electron chi connectivity index (χ2n) is 3.34. The Morgan fingerprint density at radius 1 is 1.53 bits per heavy atom. The van der Waals surface area contributed by atoms with E-state index in [1.165, 1.54) is 11.8 Å². The molecule has 0 spiro atoms. The molecular formula is C12H13N3O3U. The summed E-state index contributed by atoms with van der Waals surface area (Å²) in [6.07, 6.45) is 0. The Morgan fingerprint density at radius 2 is 2.21 bits per heavy atom. The maximum atomic E-state index is 10.9. The number of aromatic nitrogens is 3. The van der Waals surface area contributed by atoms with Crippen molar-refractivity contribution in [3.05, 3.63) is 43.1 Å². The number of rotatable bonds is 3. The third kappa shape index (κ3) is 3.37. The largest absolute Gasteiger partial charge is 2.00 e. The summed E-state index contributed by atoms with van der Waals surface area (Å²) < 4.78 is 6.58. The molecule has 1 aromatic heterocycles. The number of carbonyl (C=O) groups is 1. The molecule has 0 unspecified atom stereocenters. The Kier molecular flexibility index (Phi) is 6.81. The number of carboxylic acid groups (broad SMARTS) is 1. The number of nitrogens with zero attached hydrogens (tertiary/aromatic N) is 3. The van der Waals surface area contributed by atoms with Gasteiger partial charge in [-0.25, -0.2) is 4.79 Å². The molecule has 7 heteroatoms. The van der Waals surface area contributed by atoms with Crippen molar-refractivity contribution in [2.24, 2.45) is 0 Å². The van der Waals surface area contributed by atoms with Gasteiger partial charge in [0.1, 0.15) is 0 Å². The minimum atomic E-state index is -1.10. The van der Waals surface area contributed by atoms with Gasteiger partial charge >= 0.3 is 37.1 Å². The number of hydrogen-bond acceptors (Lipinski definition) is 4. The van der Waals surface area contributed by atoms with E-state index in [9.17, 15) is 4.79 Å². The summed E-state index contributed by atoms with van der Waals surface area (Å²) in [5, 5.41) is 16.3. The van der Waals surface area contributed by atoms with Gasteiger partial charge in [-0.1, -0.05) is 5.21 Å². The second-order valence-corrected chi connectivity index (χ2v) is 3.34. The van der Waals surface area contributed by atoms with Gasteiger partial charge in [0.2, 0.25) is 0 Å². The van der Waals surface area contributed by atoms with Gasteiger partial charge in [-0.05, 0) is 12.6 Å². The third-order valence-corrected chi connectivity index (χ3v) is 2.35. The Bertz CT molecular complexity index is 569. The molecule has 6 nitrogen and oxygen atoms in total. The van der Waals surface area contributed by atoms with Gasteiger partial charge in [-0.3, -0.25) is 4.68 Å². The van der Waals surface area contributed by atoms with Gasteiger partial charge in [0.25, 0.3) is 0 Å². The van der Waals surface area contributed by atoms with E-state index in [2.05, 4.69) is 16.4 Å². The predicted molar refractivity (Wildman–Crippen MR) is 64.9 cm³/mol. The normalized spacial score (nSPS) is 9.16. The molecule has 1 N–H and O–H groups in total. The van der Waals surface area contributed by atoms with Crippen LogP contribution in [0.3, 0.4) is 0 Å². The third-order valence-electron chi connectivity index (χ3n) is 2.35. The molecule has 2 aromatic rings. The molecule has 0 fully saturated rings. The van der Waals surface area contributed by atoms with Crippen molar-refractivity contribution >= 4 is 5.97 Å². The van der Waals surface area contributed by atoms with E-state index in [4.69, 9.17) is 9.84 Å². The van der Waals surface area contributed by atoms with Crippen LogP contribution in [0.4, 0.5) is 0 Å². The first-order chi connectivity index (χ1) is 8.15. The fourth-order valence-electron chi connectivity index (χ4n) is 1.50. The van der Waals surface area contributed by atoms with E-state index >= 15 is 0 Å². The topological polar surface area (TPSA) is 77.2 Å². The number of methoxy groups -OCH3 is 1. The second kappa shape index (κ2) is 7.31. The SMILES string of the molecule is COc1cc[c-]cc1-n1nnc(C(=O)O)c1C.[CH3-].[U+2]. The first-order valence-electron chi connectivity index (χ1n) is 4.85. The van der Waals surface area contributed by atoms with E-state index < -0.39 is 5.97 Å². The van der Waals surface area contributed by atoms with Crippen LogP contribution < -0.4 is 4.74 Å². The predicted octanol–water partition coefficient (Wildman–Crippen LogP) is 1.53. The van der Waals surface area contributed by atoms with Crippen LogP contribution in [-0.4, -0.2) is 33.2 Å². The molecule has 0 bridgehead atoms. The Morgan fingerprint density at radius 3 is 2.74 bits per heavy atom. The molecule has 0 aliphatic carbocycles. The van der Waals surface area contributed by atoms with E-state index in [0.29, 0.717) is 17.1 Å². The zero-order valence-electron chi connectivity index (χ0n) is 10.8. The Hall–Kier alpha value is -1.32. The van der Waals surface area contributed by atoms with Crippen molar-refractivity contribution in [1.29, 1.82) is 0 Å². The van der Waals surface area contributed by atoms with Crippen LogP contribution in [0.2, 0.25) is 0 Å². The monoisotopic (exact) mass is 485 g/mol. The summed E-state index contributed by atoms with van der Waals surface area (Å²) in [6, 6.07) is 7.96. The van der Waals surface area contributed by atoms with Crippen molar-refractivity contribution in [3.63, 3.8) is 0 Å². The van der Waals surface area contributed by atoms with Gasteiger partial charge < -0.3 is 17.3 Å². The standard InChI is InChI=1S/C11H10N3O3.CH3.U/c1-7-10(11(15)16)12-13-14(7)8-5-3-4-6-9(8)17-2;;/h4-6H,1-2H3,(H,15,16);1H3;/q2*-1;+2. The van der Waals surface area contributed by atoms with Crippen LogP contribution in [0, 0.1) is 51.5 Å². The molecule has 1 heterocycles. The van der Waals surface area contributed by atoms with E-state index in [1.807, 2.05) is 0 Å². The van der Waals surface area contributed by atoms with Crippen molar-refractivity contribution < 1.29 is 45.8 Å². The van der Waals surface area contributed by atoms with Crippen LogP contribution in [0.5, 0.6) is 5.75 Å². The van der Waals surface area contributed by atoms with E-state index in [1.54, 1.807) is 25.1 Å². The number of benzene rings is 1. The van der Waals surface area contributed by atoms with E-state index in [0.717, 1.165) is 0 Å². The van der Waals surface area contributed by atoms with Gasteiger partial charge in [0.15, 0.2) is 5.69 Å². The molecule has 0 saturated carbocycles. The number of ether oxygens (including phenoxy) is 1. The van der Waals surface area contributed by atoms with E-state index in [-0.39, 0.29) is 44.2 Å². The van der Waals surface area contributed by atoms with Crippen LogP contribution >= 0.6 is 0 Å². The summed E-state index contributed by atoms with van der Waals surface area (Å²) >= 11 is 0. The van der Waals surface area contributed by atoms with Crippen LogP contribution in [0.15, 0.2) is 18.2 Å². The molecule has 2 rings (SSSR count). The molecule has 0 aliphatic rings. The Labute approximate surface area is 135 Å². The first kappa shape index (κ1) is 17.7. The molecular weight excluding hydrogens is 472 g/mol. The molecule has 0 aliphatic heterocycles. The van der Waals surface area contributed by atoms with Crippen LogP contribution in [0.1, 0.15) is 16.2 Å². The average molecular weight is 485 g/mol. The summed E-state index contributed by atoms with van der Waals surface area (Å²) in [7, 11) is 1.53. The van der Waals surface area contributed by atoms with Gasteiger partial charge in [0.05, 0.1) is 12.8 Å². The van der Waals surface area contributed by atoms with Crippen molar-refractivity contribution in [2.45, 2.75) is 6.92 Å². The maximum Gasteiger partial charge on any atom is 2.00 e. The molecule has 0 amide bonds. The molecule has 1 aromatic carbocycles. The summed E-state index contributed by atoms with van der Waals surface area (Å²) in [5.41, 5.74) is 0.971. The quantitative estimate of drug-likeness (QED) is 0.668. The zero-order chi connectivity index (χ0) is 12.4. The van der Waals surface area contributed by atoms with Crippen molar-refractivity contribution in [2.75, 3.05) is 7.11 Å². The zero-order valence-corrected chi connectivity index (χ0v) is 15.0. The fourth-order valence-corrected chi connectivity index (χ4v) is 1.50. The minimum absolute atomic E-state index is 0. The van der Waals surface area contributed by atoms with Crippen molar-refractivity contribution in [3.8, 4) is 11.4 Å². The molecule has 19 heavy (non-hydrogen) atoms. The van der Waals surface area contributed by atoms with Gasteiger partial charge in [-0.15, -0.1) is 17.2 Å². The molecule has 0 saturated heterocycles. The average Bonchev–Trinajstić information content (AvgIpc) is 2.71. The minimum Gasteiger partial charge on any atom is -0.520 e. The Balaban J connectivity index is 0.00000162. The summed E-state index contributed by atoms with van der Waals surface area (Å²) in [5.74, 6) is -0.527. The summed E-state index contributed by atoms with van der Waals surface area (Å²) in [4.78, 5) is 10.9. The number of aromatic carboxylic acids is 1. The number of hydrogen-bond donors (Lipinski definition) is 1. The number of carboxylic acids is 1.